The van der Waals surface area contributed by atoms with Gasteiger partial charge in [-0.05, 0) is 46.7 Å². The molecule has 0 unspecified atom stereocenters. The van der Waals surface area contributed by atoms with E-state index in [1.54, 1.807) is 23.0 Å². The van der Waals surface area contributed by atoms with Crippen molar-refractivity contribution in [2.45, 2.75) is 25.0 Å². The van der Waals surface area contributed by atoms with Crippen molar-refractivity contribution in [3.05, 3.63) is 70.7 Å². The minimum Gasteiger partial charge on any atom is -0.389 e. The summed E-state index contributed by atoms with van der Waals surface area (Å²) in [5, 5.41) is 19.0. The van der Waals surface area contributed by atoms with E-state index in [4.69, 9.17) is 4.74 Å². The van der Waals surface area contributed by atoms with E-state index in [2.05, 4.69) is 15.4 Å². The number of carbonyl (C=O) groups is 1. The Hall–Kier alpha value is -3.14. The summed E-state index contributed by atoms with van der Waals surface area (Å²) < 4.78 is 22.8. The predicted octanol–water partition coefficient (Wildman–Crippen LogP) is 3.31. The molecule has 3 aromatic heterocycles. The maximum Gasteiger partial charge on any atom is 0.270 e. The lowest BCUT2D eigenvalue weighted by Crippen LogP contribution is -2.48. The van der Waals surface area contributed by atoms with Crippen LogP contribution in [0.1, 0.15) is 28.0 Å². The molecule has 1 aromatic carbocycles. The second-order valence-corrected chi connectivity index (χ2v) is 9.11. The van der Waals surface area contributed by atoms with Crippen LogP contribution >= 0.6 is 11.3 Å². The van der Waals surface area contributed by atoms with Crippen molar-refractivity contribution in [1.29, 1.82) is 0 Å². The lowest BCUT2D eigenvalue weighted by molar-refractivity contribution is -0.0261. The fourth-order valence-electron chi connectivity index (χ4n) is 4.05. The highest BCUT2D eigenvalue weighted by Crippen LogP contribution is 2.29. The van der Waals surface area contributed by atoms with Crippen molar-refractivity contribution in [2.75, 3.05) is 13.2 Å². The third-order valence-corrected chi connectivity index (χ3v) is 6.81. The molecule has 1 fully saturated rings. The Kier molecular flexibility index (Phi) is 5.92. The molecule has 7 nitrogen and oxygen atoms in total. The molecule has 0 saturated carbocycles. The van der Waals surface area contributed by atoms with Gasteiger partial charge in [-0.25, -0.2) is 9.37 Å². The number of fused-ring (bicyclic) bond motifs is 1. The number of aliphatic hydroxyl groups excluding tert-OH is 1. The topological polar surface area (TPSA) is 89.3 Å². The maximum atomic E-state index is 15.0. The summed E-state index contributed by atoms with van der Waals surface area (Å²) in [6.45, 7) is 0.681. The van der Waals surface area contributed by atoms with Crippen molar-refractivity contribution in [2.24, 2.45) is 7.05 Å². The highest BCUT2D eigenvalue weighted by Gasteiger charge is 2.26. The van der Waals surface area contributed by atoms with Crippen LogP contribution in [0, 0.1) is 5.82 Å². The van der Waals surface area contributed by atoms with Crippen LogP contribution in [-0.2, 0) is 18.2 Å². The maximum absolute atomic E-state index is 15.0. The van der Waals surface area contributed by atoms with Crippen LogP contribution in [0.5, 0.6) is 0 Å². The number of ether oxygens (including phenoxy) is 1. The second-order valence-electron chi connectivity index (χ2n) is 8.20. The van der Waals surface area contributed by atoms with E-state index >= 15 is 4.39 Å². The number of aliphatic hydroxyl groups is 1. The molecule has 0 radical (unpaired) electrons. The first-order valence-electron chi connectivity index (χ1n) is 10.7. The third kappa shape index (κ3) is 4.52. The largest absolute Gasteiger partial charge is 0.389 e. The highest BCUT2D eigenvalue weighted by molar-refractivity contribution is 7.17. The number of amides is 1. The lowest BCUT2D eigenvalue weighted by Gasteiger charge is -2.28. The number of benzene rings is 1. The molecule has 33 heavy (non-hydrogen) atoms. The van der Waals surface area contributed by atoms with Crippen LogP contribution in [0.15, 0.2) is 48.1 Å². The molecule has 2 atom stereocenters. The van der Waals surface area contributed by atoms with E-state index < -0.39 is 6.10 Å². The molecule has 0 bridgehead atoms. The zero-order valence-corrected chi connectivity index (χ0v) is 18.8. The van der Waals surface area contributed by atoms with Gasteiger partial charge in [-0.1, -0.05) is 12.1 Å². The molecular weight excluding hydrogens is 443 g/mol. The van der Waals surface area contributed by atoms with Gasteiger partial charge in [-0.3, -0.25) is 9.48 Å². The van der Waals surface area contributed by atoms with Gasteiger partial charge >= 0.3 is 0 Å². The van der Waals surface area contributed by atoms with Gasteiger partial charge < -0.3 is 15.2 Å². The summed E-state index contributed by atoms with van der Waals surface area (Å²) in [5.41, 5.74) is 3.93. The molecule has 1 aliphatic rings. The Morgan fingerprint density at radius 2 is 2.18 bits per heavy atom. The van der Waals surface area contributed by atoms with Crippen molar-refractivity contribution < 1.29 is 19.0 Å². The Balaban J connectivity index is 1.42. The number of aromatic nitrogens is 3. The molecule has 1 saturated heterocycles. The number of rotatable bonds is 5. The fraction of sp³-hybridized carbons (Fsp3) is 0.292. The number of carbonyl (C=O) groups excluding carboxylic acids is 1. The molecule has 170 valence electrons. The zero-order chi connectivity index (χ0) is 22.9. The van der Waals surface area contributed by atoms with Gasteiger partial charge in [0.2, 0.25) is 0 Å². The average Bonchev–Trinajstić information content (AvgIpc) is 3.45. The van der Waals surface area contributed by atoms with E-state index in [9.17, 15) is 9.90 Å². The van der Waals surface area contributed by atoms with Crippen molar-refractivity contribution in [3.8, 4) is 11.1 Å². The van der Waals surface area contributed by atoms with Gasteiger partial charge in [0.1, 0.15) is 11.5 Å². The van der Waals surface area contributed by atoms with Gasteiger partial charge in [-0.15, -0.1) is 11.3 Å². The SMILES string of the molecule is Cn1cc(-c2ccc(Cc3cc(C(=O)N[C@H]4CCOC[C@@H]4O)nc4ccsc34)c(F)c2)cn1. The number of hydrogen-bond acceptors (Lipinski definition) is 6. The van der Waals surface area contributed by atoms with Gasteiger partial charge in [-0.2, -0.15) is 5.10 Å². The summed E-state index contributed by atoms with van der Waals surface area (Å²) in [4.78, 5) is 17.4. The third-order valence-electron chi connectivity index (χ3n) is 5.84. The number of pyridine rings is 1. The van der Waals surface area contributed by atoms with E-state index in [0.717, 1.165) is 21.4 Å². The minimum absolute atomic E-state index is 0.196. The normalized spacial score (nSPS) is 18.5. The van der Waals surface area contributed by atoms with Crippen molar-refractivity contribution >= 4 is 27.5 Å². The molecule has 4 aromatic rings. The first-order valence-corrected chi connectivity index (χ1v) is 11.6. The highest BCUT2D eigenvalue weighted by atomic mass is 32.1. The predicted molar refractivity (Wildman–Crippen MR) is 124 cm³/mol. The van der Waals surface area contributed by atoms with Gasteiger partial charge in [0.25, 0.3) is 5.91 Å². The van der Waals surface area contributed by atoms with Crippen LogP contribution in [0.2, 0.25) is 0 Å². The Morgan fingerprint density at radius 3 is 2.94 bits per heavy atom. The van der Waals surface area contributed by atoms with Gasteiger partial charge in [0, 0.05) is 31.8 Å². The smallest absolute Gasteiger partial charge is 0.270 e. The monoisotopic (exact) mass is 466 g/mol. The van der Waals surface area contributed by atoms with E-state index in [-0.39, 0.29) is 30.1 Å². The summed E-state index contributed by atoms with van der Waals surface area (Å²) in [5.74, 6) is -0.670. The van der Waals surface area contributed by atoms with Crippen LogP contribution in [0.3, 0.4) is 0 Å². The first kappa shape index (κ1) is 21.7. The van der Waals surface area contributed by atoms with E-state index in [1.165, 1.54) is 17.4 Å². The van der Waals surface area contributed by atoms with Crippen molar-refractivity contribution in [3.63, 3.8) is 0 Å². The summed E-state index contributed by atoms with van der Waals surface area (Å²) in [6, 6.07) is 8.35. The minimum atomic E-state index is -0.750. The molecule has 1 amide bonds. The molecule has 5 rings (SSSR count). The number of halogens is 1. The Labute approximate surface area is 193 Å². The fourth-order valence-corrected chi connectivity index (χ4v) is 4.90. The first-order chi connectivity index (χ1) is 16.0. The number of nitrogens with zero attached hydrogens (tertiary/aromatic N) is 3. The molecule has 2 N–H and O–H groups in total. The Morgan fingerprint density at radius 1 is 1.30 bits per heavy atom. The van der Waals surface area contributed by atoms with Gasteiger partial charge in [0.15, 0.2) is 0 Å². The number of nitrogens with one attached hydrogen (secondary N) is 1. The molecule has 0 aliphatic carbocycles. The van der Waals surface area contributed by atoms with Crippen LogP contribution in [0.25, 0.3) is 21.3 Å². The lowest BCUT2D eigenvalue weighted by atomic mass is 10.0. The molecule has 9 heteroatoms. The number of hydrogen-bond donors (Lipinski definition) is 2. The summed E-state index contributed by atoms with van der Waals surface area (Å²) in [7, 11) is 1.82. The zero-order valence-electron chi connectivity index (χ0n) is 18.0. The summed E-state index contributed by atoms with van der Waals surface area (Å²) in [6.07, 6.45) is 3.66. The van der Waals surface area contributed by atoms with E-state index in [1.807, 2.05) is 30.8 Å². The molecule has 1 aliphatic heterocycles. The standard InChI is InChI=1S/C24H23FN4O3S/c1-29-12-17(11-26-29)14-2-3-15(18(25)9-14)8-16-10-21(27-20-5-7-33-23(16)20)24(31)28-19-4-6-32-13-22(19)30/h2-3,5,7,9-12,19,22,30H,4,6,8,13H2,1H3,(H,28,31)/t19-,22-/m0/s1. The van der Waals surface area contributed by atoms with Crippen molar-refractivity contribution in [1.82, 2.24) is 20.1 Å². The molecule has 0 spiro atoms. The second kappa shape index (κ2) is 9.01. The van der Waals surface area contributed by atoms with Gasteiger partial charge in [0.05, 0.1) is 35.2 Å². The van der Waals surface area contributed by atoms with E-state index in [0.29, 0.717) is 30.5 Å². The van der Waals surface area contributed by atoms with Crippen LogP contribution in [-0.4, -0.2) is 51.1 Å². The number of thiophene rings is 1. The average molecular weight is 467 g/mol. The molecular formula is C24H23FN4O3S. The summed E-state index contributed by atoms with van der Waals surface area (Å²) >= 11 is 1.51. The Bertz CT molecular complexity index is 1320. The quantitative estimate of drug-likeness (QED) is 0.471. The number of aryl methyl sites for hydroxylation is 1. The van der Waals surface area contributed by atoms with Crippen LogP contribution < -0.4 is 5.32 Å². The molecule has 4 heterocycles. The van der Waals surface area contributed by atoms with Crippen LogP contribution in [0.4, 0.5) is 4.39 Å².